The van der Waals surface area contributed by atoms with Gasteiger partial charge in [-0.1, -0.05) is 78.8 Å². The normalized spacial score (nSPS) is 11.4. The van der Waals surface area contributed by atoms with E-state index in [0.29, 0.717) is 18.6 Å². The Bertz CT molecular complexity index is 464. The highest BCUT2D eigenvalue weighted by atomic mass is 16.1. The lowest BCUT2D eigenvalue weighted by atomic mass is 10.1. The van der Waals surface area contributed by atoms with Crippen LogP contribution in [-0.2, 0) is 4.79 Å². The zero-order chi connectivity index (χ0) is 15.4. The molecule has 0 N–H and O–H groups in total. The average molecular weight is 270 g/mol. The fraction of sp³-hybridized carbons (Fsp3) is 0.316. The molecule has 20 heavy (non-hydrogen) atoms. The van der Waals surface area contributed by atoms with E-state index in [0.717, 1.165) is 11.1 Å². The first-order valence-corrected chi connectivity index (χ1v) is 6.99. The number of allylic oxidation sites excluding steroid dienone is 5. The van der Waals surface area contributed by atoms with Gasteiger partial charge in [0.05, 0.1) is 0 Å². The zero-order valence-electron chi connectivity index (χ0n) is 13.1. The van der Waals surface area contributed by atoms with Gasteiger partial charge < -0.3 is 0 Å². The lowest BCUT2D eigenvalue weighted by Crippen LogP contribution is -1.94. The largest absolute Gasteiger partial charge is 0.299 e. The van der Waals surface area contributed by atoms with Gasteiger partial charge in [-0.15, -0.1) is 0 Å². The number of hydrogen-bond donors (Lipinski definition) is 0. The van der Waals surface area contributed by atoms with Crippen LogP contribution in [0.3, 0.4) is 0 Å². The Hall–Kier alpha value is -1.89. The molecule has 0 fully saturated rings. The first-order valence-electron chi connectivity index (χ1n) is 6.99. The van der Waals surface area contributed by atoms with Crippen LogP contribution < -0.4 is 0 Å². The van der Waals surface area contributed by atoms with Crippen LogP contribution in [0.5, 0.6) is 0 Å². The van der Waals surface area contributed by atoms with Crippen molar-refractivity contribution < 1.29 is 4.79 Å². The smallest absolute Gasteiger partial charge is 0.136 e. The molecule has 0 amide bonds. The molecule has 0 atom stereocenters. The van der Waals surface area contributed by atoms with Gasteiger partial charge in [-0.3, -0.25) is 4.79 Å². The number of carbonyl (C=O) groups is 1. The summed E-state index contributed by atoms with van der Waals surface area (Å²) in [5.41, 5.74) is 3.54. The van der Waals surface area contributed by atoms with E-state index in [4.69, 9.17) is 0 Å². The van der Waals surface area contributed by atoms with Gasteiger partial charge in [0, 0.05) is 12.8 Å². The van der Waals surface area contributed by atoms with E-state index in [9.17, 15) is 4.79 Å². The Labute approximate surface area is 123 Å². The molecule has 0 saturated heterocycles. The molecular weight excluding hydrogens is 244 g/mol. The fourth-order valence-corrected chi connectivity index (χ4v) is 1.37. The fourth-order valence-electron chi connectivity index (χ4n) is 1.37. The molecule has 0 aliphatic heterocycles. The second-order valence-corrected chi connectivity index (χ2v) is 4.85. The molecule has 1 nitrogen and oxygen atoms in total. The summed E-state index contributed by atoms with van der Waals surface area (Å²) in [7, 11) is 0. The summed E-state index contributed by atoms with van der Waals surface area (Å²) in [6, 6.07) is 10.3. The van der Waals surface area contributed by atoms with Crippen molar-refractivity contribution in [2.75, 3.05) is 0 Å². The molecule has 0 aromatic heterocycles. The van der Waals surface area contributed by atoms with Crippen LogP contribution in [0.25, 0.3) is 0 Å². The maximum atomic E-state index is 11.1. The summed E-state index contributed by atoms with van der Waals surface area (Å²) in [6.07, 6.45) is 6.94. The molecule has 0 aliphatic rings. The monoisotopic (exact) mass is 270 g/mol. The standard InChI is InChI=1S/C12H18O.C7H8/c1-5-10(3)7-8-11(4)9-12(13)6-2;1-7-5-3-2-4-6-7/h5,7-8H,1,6,9H2,2-4H3;2-6H,1H3/b10-7-,11-8+;. The van der Waals surface area contributed by atoms with E-state index in [1.54, 1.807) is 6.08 Å². The SMILES string of the molecule is C=C/C(C)=C\C=C(/C)CC(=O)CC.Cc1ccccc1. The molecule has 108 valence electrons. The lowest BCUT2D eigenvalue weighted by molar-refractivity contribution is -0.118. The molecule has 0 aliphatic carbocycles. The Morgan fingerprint density at radius 2 is 1.75 bits per heavy atom. The highest BCUT2D eigenvalue weighted by Gasteiger charge is 1.97. The summed E-state index contributed by atoms with van der Waals surface area (Å²) in [5.74, 6) is 0.290. The van der Waals surface area contributed by atoms with Crippen molar-refractivity contribution in [1.82, 2.24) is 0 Å². The van der Waals surface area contributed by atoms with Gasteiger partial charge in [-0.25, -0.2) is 0 Å². The molecule has 1 aromatic carbocycles. The van der Waals surface area contributed by atoms with E-state index in [-0.39, 0.29) is 0 Å². The van der Waals surface area contributed by atoms with Gasteiger partial charge in [0.2, 0.25) is 0 Å². The molecule has 0 bridgehead atoms. The van der Waals surface area contributed by atoms with Crippen LogP contribution in [0.4, 0.5) is 0 Å². The van der Waals surface area contributed by atoms with Gasteiger partial charge in [0.15, 0.2) is 0 Å². The summed E-state index contributed by atoms with van der Waals surface area (Å²) < 4.78 is 0. The maximum Gasteiger partial charge on any atom is 0.136 e. The van der Waals surface area contributed by atoms with Crippen LogP contribution in [-0.4, -0.2) is 5.78 Å². The molecule has 1 heteroatoms. The van der Waals surface area contributed by atoms with Crippen LogP contribution in [0.15, 0.2) is 66.3 Å². The van der Waals surface area contributed by atoms with Crippen molar-refractivity contribution in [2.45, 2.75) is 40.5 Å². The number of benzene rings is 1. The van der Waals surface area contributed by atoms with Gasteiger partial charge in [0.1, 0.15) is 5.78 Å². The number of aryl methyl sites for hydroxylation is 1. The van der Waals surface area contributed by atoms with Crippen molar-refractivity contribution >= 4 is 5.78 Å². The minimum Gasteiger partial charge on any atom is -0.299 e. The minimum atomic E-state index is 0.290. The molecule has 0 unspecified atom stereocenters. The van der Waals surface area contributed by atoms with E-state index >= 15 is 0 Å². The van der Waals surface area contributed by atoms with Crippen LogP contribution in [0.1, 0.15) is 39.2 Å². The zero-order valence-corrected chi connectivity index (χ0v) is 13.1. The van der Waals surface area contributed by atoms with Crippen molar-refractivity contribution in [3.05, 3.63) is 71.8 Å². The Morgan fingerprint density at radius 1 is 1.15 bits per heavy atom. The summed E-state index contributed by atoms with van der Waals surface area (Å²) in [5, 5.41) is 0. The molecule has 0 heterocycles. The maximum absolute atomic E-state index is 11.1. The van der Waals surface area contributed by atoms with E-state index in [1.165, 1.54) is 5.56 Å². The quantitative estimate of drug-likeness (QED) is 0.652. The Balaban J connectivity index is 0.000000428. The van der Waals surface area contributed by atoms with Crippen molar-refractivity contribution in [3.63, 3.8) is 0 Å². The molecule has 1 rings (SSSR count). The third kappa shape index (κ3) is 10.1. The van der Waals surface area contributed by atoms with E-state index < -0.39 is 0 Å². The number of Topliss-reactive ketones (excluding diaryl/α,β-unsaturated/α-hetero) is 1. The number of rotatable bonds is 5. The molecular formula is C19H26O. The second-order valence-electron chi connectivity index (χ2n) is 4.85. The number of ketones is 1. The van der Waals surface area contributed by atoms with E-state index in [1.807, 2.05) is 51.1 Å². The summed E-state index contributed by atoms with van der Waals surface area (Å²) in [6.45, 7) is 11.6. The predicted octanol–water partition coefficient (Wildman–Crippen LogP) is 5.43. The van der Waals surface area contributed by atoms with Crippen LogP contribution in [0, 0.1) is 6.92 Å². The van der Waals surface area contributed by atoms with Gasteiger partial charge >= 0.3 is 0 Å². The summed E-state index contributed by atoms with van der Waals surface area (Å²) in [4.78, 5) is 11.1. The topological polar surface area (TPSA) is 17.1 Å². The lowest BCUT2D eigenvalue weighted by Gasteiger charge is -1.96. The molecule has 0 spiro atoms. The first-order chi connectivity index (χ1) is 9.49. The van der Waals surface area contributed by atoms with Crippen LogP contribution in [0.2, 0.25) is 0 Å². The van der Waals surface area contributed by atoms with Gasteiger partial charge in [-0.05, 0) is 20.8 Å². The first kappa shape index (κ1) is 18.1. The third-order valence-electron chi connectivity index (χ3n) is 2.76. The van der Waals surface area contributed by atoms with Crippen molar-refractivity contribution in [3.8, 4) is 0 Å². The highest BCUT2D eigenvalue weighted by molar-refractivity contribution is 5.80. The van der Waals surface area contributed by atoms with Crippen molar-refractivity contribution in [2.24, 2.45) is 0 Å². The van der Waals surface area contributed by atoms with Gasteiger partial charge in [0.25, 0.3) is 0 Å². The van der Waals surface area contributed by atoms with E-state index in [2.05, 4.69) is 25.6 Å². The highest BCUT2D eigenvalue weighted by Crippen LogP contribution is 2.04. The molecule has 1 aromatic rings. The molecule has 0 saturated carbocycles. The Morgan fingerprint density at radius 3 is 2.15 bits per heavy atom. The minimum absolute atomic E-state index is 0.290. The average Bonchev–Trinajstić information content (AvgIpc) is 2.46. The number of hydrogen-bond acceptors (Lipinski definition) is 1. The third-order valence-corrected chi connectivity index (χ3v) is 2.76. The second kappa shape index (κ2) is 11.0. The Kier molecular flexibility index (Phi) is 9.94. The summed E-state index contributed by atoms with van der Waals surface area (Å²) >= 11 is 0. The van der Waals surface area contributed by atoms with Crippen molar-refractivity contribution in [1.29, 1.82) is 0 Å². The van der Waals surface area contributed by atoms with Crippen LogP contribution >= 0.6 is 0 Å². The number of carbonyl (C=O) groups excluding carboxylic acids is 1. The predicted molar refractivity (Wildman–Crippen MR) is 88.8 cm³/mol. The molecule has 0 radical (unpaired) electrons. The van der Waals surface area contributed by atoms with Gasteiger partial charge in [-0.2, -0.15) is 0 Å².